The Hall–Kier alpha value is -1.61. The fraction of sp³-hybridized carbons (Fsp3) is 0.0714. The summed E-state index contributed by atoms with van der Waals surface area (Å²) in [5, 5.41) is 5.59. The monoisotopic (exact) mass is 286 g/mol. The van der Waals surface area contributed by atoms with Crippen LogP contribution >= 0.6 is 15.9 Å². The van der Waals surface area contributed by atoms with E-state index in [-0.39, 0.29) is 0 Å². The van der Waals surface area contributed by atoms with Crippen molar-refractivity contribution in [2.75, 3.05) is 0 Å². The van der Waals surface area contributed by atoms with Crippen molar-refractivity contribution >= 4 is 26.8 Å². The number of hydrogen-bond donors (Lipinski definition) is 0. The number of hydrogen-bond acceptors (Lipinski definition) is 1. The van der Waals surface area contributed by atoms with Gasteiger partial charge in [0.1, 0.15) is 0 Å². The molecule has 0 spiro atoms. The molecule has 84 valence electrons. The highest BCUT2D eigenvalue weighted by atomic mass is 79.9. The SMILES string of the molecule is Cc1cc2c(cnn2-c2ccccc2)cc1Br. The number of halogens is 1. The van der Waals surface area contributed by atoms with Gasteiger partial charge in [-0.05, 0) is 36.8 Å². The molecule has 3 heteroatoms. The standard InChI is InChI=1S/C14H11BrN2/c1-10-7-14-11(8-13(10)15)9-16-17(14)12-5-3-2-4-6-12/h2-9H,1H3. The maximum absolute atomic E-state index is 4.44. The van der Waals surface area contributed by atoms with Crippen LogP contribution in [-0.4, -0.2) is 9.78 Å². The second-order valence-electron chi connectivity index (χ2n) is 4.05. The largest absolute Gasteiger partial charge is 0.233 e. The molecule has 0 fully saturated rings. The quantitative estimate of drug-likeness (QED) is 0.659. The summed E-state index contributed by atoms with van der Waals surface area (Å²) < 4.78 is 3.09. The normalized spacial score (nSPS) is 10.9. The lowest BCUT2D eigenvalue weighted by atomic mass is 10.2. The highest BCUT2D eigenvalue weighted by Gasteiger charge is 2.06. The molecule has 0 unspecified atom stereocenters. The van der Waals surface area contributed by atoms with Gasteiger partial charge in [-0.3, -0.25) is 0 Å². The van der Waals surface area contributed by atoms with Crippen molar-refractivity contribution in [3.05, 3.63) is 58.7 Å². The molecule has 0 saturated heterocycles. The highest BCUT2D eigenvalue weighted by Crippen LogP contribution is 2.25. The maximum atomic E-state index is 4.44. The van der Waals surface area contributed by atoms with Crippen molar-refractivity contribution in [1.82, 2.24) is 9.78 Å². The molecule has 0 bridgehead atoms. The van der Waals surface area contributed by atoms with Crippen LogP contribution in [0.15, 0.2) is 53.1 Å². The Bertz CT molecular complexity index is 671. The minimum absolute atomic E-state index is 1.09. The fourth-order valence-electron chi connectivity index (χ4n) is 1.93. The molecule has 1 heterocycles. The number of nitrogens with zero attached hydrogens (tertiary/aromatic N) is 2. The lowest BCUT2D eigenvalue weighted by Crippen LogP contribution is -1.95. The minimum Gasteiger partial charge on any atom is -0.233 e. The second kappa shape index (κ2) is 4.00. The number of fused-ring (bicyclic) bond motifs is 1. The van der Waals surface area contributed by atoms with Crippen molar-refractivity contribution in [3.8, 4) is 5.69 Å². The van der Waals surface area contributed by atoms with E-state index in [1.54, 1.807) is 0 Å². The Morgan fingerprint density at radius 1 is 1.12 bits per heavy atom. The van der Waals surface area contributed by atoms with Crippen LogP contribution in [-0.2, 0) is 0 Å². The molecule has 0 aliphatic rings. The summed E-state index contributed by atoms with van der Waals surface area (Å²) in [6, 6.07) is 14.4. The van der Waals surface area contributed by atoms with E-state index >= 15 is 0 Å². The van der Waals surface area contributed by atoms with E-state index in [9.17, 15) is 0 Å². The Morgan fingerprint density at radius 3 is 2.65 bits per heavy atom. The van der Waals surface area contributed by atoms with Gasteiger partial charge < -0.3 is 0 Å². The van der Waals surface area contributed by atoms with Crippen LogP contribution in [0.5, 0.6) is 0 Å². The summed E-state index contributed by atoms with van der Waals surface area (Å²) in [5.41, 5.74) is 3.44. The molecule has 0 amide bonds. The van der Waals surface area contributed by atoms with E-state index < -0.39 is 0 Å². The molecule has 3 aromatic rings. The third-order valence-corrected chi connectivity index (χ3v) is 3.70. The average Bonchev–Trinajstić information content (AvgIpc) is 2.74. The van der Waals surface area contributed by atoms with Crippen LogP contribution in [0, 0.1) is 6.92 Å². The van der Waals surface area contributed by atoms with E-state index in [0.717, 1.165) is 21.1 Å². The summed E-state index contributed by atoms with van der Waals surface area (Å²) in [4.78, 5) is 0. The van der Waals surface area contributed by atoms with Gasteiger partial charge in [-0.15, -0.1) is 0 Å². The predicted octanol–water partition coefficient (Wildman–Crippen LogP) is 4.10. The molecule has 3 rings (SSSR count). The van der Waals surface area contributed by atoms with Crippen molar-refractivity contribution < 1.29 is 0 Å². The van der Waals surface area contributed by atoms with Gasteiger partial charge in [0.25, 0.3) is 0 Å². The van der Waals surface area contributed by atoms with Gasteiger partial charge in [0, 0.05) is 9.86 Å². The molecule has 0 aliphatic heterocycles. The summed E-state index contributed by atoms with van der Waals surface area (Å²) in [6.45, 7) is 2.09. The zero-order valence-corrected chi connectivity index (χ0v) is 11.0. The second-order valence-corrected chi connectivity index (χ2v) is 4.91. The summed E-state index contributed by atoms with van der Waals surface area (Å²) in [5.74, 6) is 0. The fourth-order valence-corrected chi connectivity index (χ4v) is 2.29. The Kier molecular flexibility index (Phi) is 2.48. The van der Waals surface area contributed by atoms with E-state index in [4.69, 9.17) is 0 Å². The zero-order valence-electron chi connectivity index (χ0n) is 9.39. The zero-order chi connectivity index (χ0) is 11.8. The lowest BCUT2D eigenvalue weighted by molar-refractivity contribution is 0.910. The Labute approximate surface area is 108 Å². The van der Waals surface area contributed by atoms with E-state index in [1.165, 1.54) is 5.56 Å². The van der Waals surface area contributed by atoms with E-state index in [1.807, 2.05) is 29.1 Å². The number of aromatic nitrogens is 2. The molecule has 17 heavy (non-hydrogen) atoms. The van der Waals surface area contributed by atoms with Crippen LogP contribution in [0.2, 0.25) is 0 Å². The highest BCUT2D eigenvalue weighted by molar-refractivity contribution is 9.10. The third kappa shape index (κ3) is 1.76. The maximum Gasteiger partial charge on any atom is 0.0744 e. The van der Waals surface area contributed by atoms with Crippen molar-refractivity contribution in [3.63, 3.8) is 0 Å². The van der Waals surface area contributed by atoms with Crippen molar-refractivity contribution in [2.24, 2.45) is 0 Å². The van der Waals surface area contributed by atoms with Gasteiger partial charge in [-0.1, -0.05) is 34.1 Å². The first kappa shape index (κ1) is 10.5. The topological polar surface area (TPSA) is 17.8 Å². The Morgan fingerprint density at radius 2 is 1.88 bits per heavy atom. The van der Waals surface area contributed by atoms with Gasteiger partial charge in [-0.25, -0.2) is 4.68 Å². The van der Waals surface area contributed by atoms with Gasteiger partial charge in [0.05, 0.1) is 17.4 Å². The van der Waals surface area contributed by atoms with E-state index in [2.05, 4.69) is 52.2 Å². The third-order valence-electron chi connectivity index (χ3n) is 2.85. The molecule has 0 radical (unpaired) electrons. The predicted molar refractivity (Wildman–Crippen MR) is 73.5 cm³/mol. The number of benzene rings is 2. The average molecular weight is 287 g/mol. The summed E-state index contributed by atoms with van der Waals surface area (Å²) >= 11 is 3.54. The molecule has 2 nitrogen and oxygen atoms in total. The first-order valence-electron chi connectivity index (χ1n) is 5.45. The molecule has 0 aliphatic carbocycles. The number of rotatable bonds is 1. The van der Waals surface area contributed by atoms with Crippen molar-refractivity contribution in [2.45, 2.75) is 6.92 Å². The summed E-state index contributed by atoms with van der Waals surface area (Å²) in [6.07, 6.45) is 1.90. The first-order chi connectivity index (χ1) is 8.25. The lowest BCUT2D eigenvalue weighted by Gasteiger charge is -2.04. The summed E-state index contributed by atoms with van der Waals surface area (Å²) in [7, 11) is 0. The van der Waals surface area contributed by atoms with Gasteiger partial charge in [0.2, 0.25) is 0 Å². The van der Waals surface area contributed by atoms with Crippen LogP contribution < -0.4 is 0 Å². The van der Waals surface area contributed by atoms with Gasteiger partial charge >= 0.3 is 0 Å². The number of para-hydroxylation sites is 1. The molecule has 0 atom stereocenters. The molecule has 0 saturated carbocycles. The van der Waals surface area contributed by atoms with Gasteiger partial charge in [-0.2, -0.15) is 5.10 Å². The molecule has 0 N–H and O–H groups in total. The van der Waals surface area contributed by atoms with E-state index in [0.29, 0.717) is 0 Å². The molecular formula is C14H11BrN2. The Balaban J connectivity index is 2.29. The molecule has 2 aromatic carbocycles. The molecular weight excluding hydrogens is 276 g/mol. The van der Waals surface area contributed by atoms with Crippen LogP contribution in [0.25, 0.3) is 16.6 Å². The van der Waals surface area contributed by atoms with Gasteiger partial charge in [0.15, 0.2) is 0 Å². The minimum atomic E-state index is 1.09. The van der Waals surface area contributed by atoms with Crippen LogP contribution in [0.1, 0.15) is 5.56 Å². The van der Waals surface area contributed by atoms with Crippen molar-refractivity contribution in [1.29, 1.82) is 0 Å². The first-order valence-corrected chi connectivity index (χ1v) is 6.24. The number of aryl methyl sites for hydroxylation is 1. The van der Waals surface area contributed by atoms with Crippen LogP contribution in [0.3, 0.4) is 0 Å². The smallest absolute Gasteiger partial charge is 0.0744 e. The van der Waals surface area contributed by atoms with Crippen LogP contribution in [0.4, 0.5) is 0 Å². The molecule has 1 aromatic heterocycles.